The van der Waals surface area contributed by atoms with E-state index in [9.17, 15) is 0 Å². The number of methoxy groups -OCH3 is 2. The van der Waals surface area contributed by atoms with Crippen molar-refractivity contribution in [3.05, 3.63) is 22.7 Å². The summed E-state index contributed by atoms with van der Waals surface area (Å²) < 4.78 is 16.4. The lowest BCUT2D eigenvalue weighted by Gasteiger charge is -2.16. The second kappa shape index (κ2) is 8.47. The van der Waals surface area contributed by atoms with Crippen LogP contribution in [0, 0.1) is 5.92 Å². The molecule has 1 aromatic carbocycles. The summed E-state index contributed by atoms with van der Waals surface area (Å²) in [6.07, 6.45) is 3.79. The zero-order valence-corrected chi connectivity index (χ0v) is 13.5. The van der Waals surface area contributed by atoms with E-state index in [1.807, 2.05) is 6.07 Å². The molecular formula is C16H24ClNO3. The summed E-state index contributed by atoms with van der Waals surface area (Å²) in [7, 11) is 3.33. The quantitative estimate of drug-likeness (QED) is 0.673. The van der Waals surface area contributed by atoms with Crippen molar-refractivity contribution in [3.63, 3.8) is 0 Å². The van der Waals surface area contributed by atoms with Gasteiger partial charge in [0, 0.05) is 36.9 Å². The lowest BCUT2D eigenvalue weighted by Crippen LogP contribution is -2.19. The molecule has 1 aromatic rings. The number of ether oxygens (including phenoxy) is 3. The van der Waals surface area contributed by atoms with Crippen molar-refractivity contribution in [3.8, 4) is 11.5 Å². The van der Waals surface area contributed by atoms with Gasteiger partial charge >= 0.3 is 0 Å². The third kappa shape index (κ3) is 5.38. The normalized spacial score (nSPS) is 14.2. The summed E-state index contributed by atoms with van der Waals surface area (Å²) in [6.45, 7) is 2.87. The minimum absolute atomic E-state index is 0.657. The van der Waals surface area contributed by atoms with Crippen LogP contribution in [-0.2, 0) is 11.3 Å². The lowest BCUT2D eigenvalue weighted by molar-refractivity contribution is 0.199. The fourth-order valence-electron chi connectivity index (χ4n) is 2.20. The van der Waals surface area contributed by atoms with Crippen molar-refractivity contribution < 1.29 is 14.2 Å². The Morgan fingerprint density at radius 1 is 1.24 bits per heavy atom. The van der Waals surface area contributed by atoms with Gasteiger partial charge in [-0.1, -0.05) is 24.4 Å². The molecule has 21 heavy (non-hydrogen) atoms. The van der Waals surface area contributed by atoms with E-state index in [4.69, 9.17) is 25.8 Å². The van der Waals surface area contributed by atoms with Crippen LogP contribution < -0.4 is 14.8 Å². The van der Waals surface area contributed by atoms with Crippen LogP contribution in [0.15, 0.2) is 12.1 Å². The molecule has 118 valence electrons. The molecule has 0 heterocycles. The second-order valence-electron chi connectivity index (χ2n) is 5.35. The summed E-state index contributed by atoms with van der Waals surface area (Å²) in [6, 6.07) is 3.73. The average Bonchev–Trinajstić information content (AvgIpc) is 3.29. The fourth-order valence-corrected chi connectivity index (χ4v) is 2.43. The molecule has 1 aliphatic rings. The Morgan fingerprint density at radius 3 is 2.71 bits per heavy atom. The van der Waals surface area contributed by atoms with E-state index in [0.717, 1.165) is 36.8 Å². The molecule has 0 spiro atoms. The molecule has 1 saturated carbocycles. The topological polar surface area (TPSA) is 39.7 Å². The van der Waals surface area contributed by atoms with Crippen LogP contribution >= 0.6 is 11.6 Å². The number of hydrogen-bond donors (Lipinski definition) is 1. The summed E-state index contributed by atoms with van der Waals surface area (Å²) in [5.41, 5.74) is 1.02. The maximum atomic E-state index is 6.15. The third-order valence-corrected chi connectivity index (χ3v) is 3.80. The van der Waals surface area contributed by atoms with Gasteiger partial charge in [0.1, 0.15) is 0 Å². The van der Waals surface area contributed by atoms with Crippen LogP contribution in [0.1, 0.15) is 24.8 Å². The van der Waals surface area contributed by atoms with Gasteiger partial charge in [-0.25, -0.2) is 0 Å². The predicted octanol–water partition coefficient (Wildman–Crippen LogP) is 3.26. The zero-order chi connectivity index (χ0) is 15.1. The summed E-state index contributed by atoms with van der Waals surface area (Å²) in [5, 5.41) is 3.97. The summed E-state index contributed by atoms with van der Waals surface area (Å²) in [4.78, 5) is 0. The van der Waals surface area contributed by atoms with Crippen LogP contribution in [0.4, 0.5) is 0 Å². The van der Waals surface area contributed by atoms with E-state index in [-0.39, 0.29) is 0 Å². The van der Waals surface area contributed by atoms with Crippen LogP contribution in [-0.4, -0.2) is 34.0 Å². The van der Waals surface area contributed by atoms with Crippen molar-refractivity contribution >= 4 is 11.6 Å². The van der Waals surface area contributed by atoms with Crippen molar-refractivity contribution in [1.82, 2.24) is 5.32 Å². The van der Waals surface area contributed by atoms with E-state index < -0.39 is 0 Å². The Kier molecular flexibility index (Phi) is 6.61. The fraction of sp³-hybridized carbons (Fsp3) is 0.625. The van der Waals surface area contributed by atoms with Gasteiger partial charge in [-0.15, -0.1) is 0 Å². The first-order valence-electron chi connectivity index (χ1n) is 7.43. The molecule has 0 saturated heterocycles. The molecule has 0 atom stereocenters. The van der Waals surface area contributed by atoms with Gasteiger partial charge in [0.2, 0.25) is 0 Å². The molecule has 4 nitrogen and oxygen atoms in total. The van der Waals surface area contributed by atoms with E-state index in [1.165, 1.54) is 12.8 Å². The van der Waals surface area contributed by atoms with Crippen molar-refractivity contribution in [2.45, 2.75) is 25.8 Å². The molecule has 0 aromatic heterocycles. The maximum Gasteiger partial charge on any atom is 0.165 e. The molecular weight excluding hydrogens is 290 g/mol. The standard InChI is InChI=1S/C16H24ClNO3/c1-19-8-6-18-11-13-9-14(17)10-15(20-2)16(13)21-7-5-12-3-4-12/h9-10,12,18H,3-8,11H2,1-2H3. The minimum atomic E-state index is 0.657. The Labute approximate surface area is 131 Å². The van der Waals surface area contributed by atoms with Gasteiger partial charge in [0.25, 0.3) is 0 Å². The highest BCUT2D eigenvalue weighted by molar-refractivity contribution is 6.30. The lowest BCUT2D eigenvalue weighted by atomic mass is 10.1. The number of benzene rings is 1. The molecule has 0 amide bonds. The Morgan fingerprint density at radius 2 is 2.05 bits per heavy atom. The highest BCUT2D eigenvalue weighted by atomic mass is 35.5. The van der Waals surface area contributed by atoms with E-state index >= 15 is 0 Å². The van der Waals surface area contributed by atoms with Crippen molar-refractivity contribution in [1.29, 1.82) is 0 Å². The molecule has 1 N–H and O–H groups in total. The molecule has 0 unspecified atom stereocenters. The first-order chi connectivity index (χ1) is 10.2. The number of rotatable bonds is 10. The third-order valence-electron chi connectivity index (χ3n) is 3.58. The van der Waals surface area contributed by atoms with Gasteiger partial charge in [-0.3, -0.25) is 0 Å². The summed E-state index contributed by atoms with van der Waals surface area (Å²) >= 11 is 6.15. The Hall–Kier alpha value is -0.970. The highest BCUT2D eigenvalue weighted by Crippen LogP contribution is 2.36. The largest absolute Gasteiger partial charge is 0.493 e. The first-order valence-corrected chi connectivity index (χ1v) is 7.81. The number of halogens is 1. The van der Waals surface area contributed by atoms with E-state index in [0.29, 0.717) is 23.9 Å². The van der Waals surface area contributed by atoms with Crippen molar-refractivity contribution in [2.75, 3.05) is 34.0 Å². The molecule has 0 bridgehead atoms. The van der Waals surface area contributed by atoms with Gasteiger partial charge in [-0.05, 0) is 18.4 Å². The van der Waals surface area contributed by atoms with Gasteiger partial charge in [0.05, 0.1) is 20.3 Å². The SMILES string of the molecule is COCCNCc1cc(Cl)cc(OC)c1OCCC1CC1. The van der Waals surface area contributed by atoms with Gasteiger partial charge < -0.3 is 19.5 Å². The highest BCUT2D eigenvalue weighted by Gasteiger charge is 2.21. The first kappa shape index (κ1) is 16.4. The predicted molar refractivity (Wildman–Crippen MR) is 84.4 cm³/mol. The molecule has 2 rings (SSSR count). The van der Waals surface area contributed by atoms with E-state index in [2.05, 4.69) is 5.32 Å². The minimum Gasteiger partial charge on any atom is -0.493 e. The van der Waals surface area contributed by atoms with Crippen LogP contribution in [0.2, 0.25) is 5.02 Å². The molecule has 1 fully saturated rings. The zero-order valence-electron chi connectivity index (χ0n) is 12.8. The molecule has 5 heteroatoms. The van der Waals surface area contributed by atoms with Gasteiger partial charge in [0.15, 0.2) is 11.5 Å². The number of hydrogen-bond acceptors (Lipinski definition) is 4. The molecule has 0 aliphatic heterocycles. The second-order valence-corrected chi connectivity index (χ2v) is 5.78. The average molecular weight is 314 g/mol. The Bertz CT molecular complexity index is 449. The van der Waals surface area contributed by atoms with Crippen LogP contribution in [0.25, 0.3) is 0 Å². The molecule has 1 aliphatic carbocycles. The maximum absolute atomic E-state index is 6.15. The smallest absolute Gasteiger partial charge is 0.165 e. The number of nitrogens with one attached hydrogen (secondary N) is 1. The van der Waals surface area contributed by atoms with Crippen LogP contribution in [0.5, 0.6) is 11.5 Å². The van der Waals surface area contributed by atoms with E-state index in [1.54, 1.807) is 20.3 Å². The summed E-state index contributed by atoms with van der Waals surface area (Å²) in [5.74, 6) is 2.35. The van der Waals surface area contributed by atoms with Crippen molar-refractivity contribution in [2.24, 2.45) is 5.92 Å². The monoisotopic (exact) mass is 313 g/mol. The van der Waals surface area contributed by atoms with Gasteiger partial charge in [-0.2, -0.15) is 0 Å². The van der Waals surface area contributed by atoms with Crippen LogP contribution in [0.3, 0.4) is 0 Å². The Balaban J connectivity index is 2.00. The molecule has 0 radical (unpaired) electrons.